The van der Waals surface area contributed by atoms with Gasteiger partial charge in [-0.05, 0) is 62.0 Å². The Balaban J connectivity index is 1.25. The molecule has 2 N–H and O–H groups in total. The van der Waals surface area contributed by atoms with E-state index in [0.29, 0.717) is 12.5 Å². The van der Waals surface area contributed by atoms with Gasteiger partial charge in [-0.2, -0.15) is 0 Å². The van der Waals surface area contributed by atoms with Gasteiger partial charge in [0, 0.05) is 19.2 Å². The Hall–Kier alpha value is -3.12. The summed E-state index contributed by atoms with van der Waals surface area (Å²) in [7, 11) is 0. The fourth-order valence-electron chi connectivity index (χ4n) is 4.01. The van der Waals surface area contributed by atoms with E-state index in [1.54, 1.807) is 0 Å². The zero-order valence-electron chi connectivity index (χ0n) is 16.8. The Morgan fingerprint density at radius 3 is 2.63 bits per heavy atom. The Morgan fingerprint density at radius 1 is 1.10 bits per heavy atom. The van der Waals surface area contributed by atoms with Crippen molar-refractivity contribution < 1.29 is 14.3 Å². The summed E-state index contributed by atoms with van der Waals surface area (Å²) >= 11 is 0. The van der Waals surface area contributed by atoms with Crippen LogP contribution in [0.2, 0.25) is 0 Å². The Kier molecular flexibility index (Phi) is 6.14. The molecule has 0 radical (unpaired) electrons. The molecule has 0 saturated carbocycles. The molecule has 2 heterocycles. The van der Waals surface area contributed by atoms with Crippen molar-refractivity contribution in [1.82, 2.24) is 10.2 Å². The predicted octanol–water partition coefficient (Wildman–Crippen LogP) is 3.53. The fourth-order valence-corrected chi connectivity index (χ4v) is 4.01. The Morgan fingerprint density at radius 2 is 1.87 bits per heavy atom. The summed E-state index contributed by atoms with van der Waals surface area (Å²) in [6, 6.07) is 16.0. The van der Waals surface area contributed by atoms with Gasteiger partial charge < -0.3 is 14.8 Å². The molecule has 6 nitrogen and oxygen atoms in total. The van der Waals surface area contributed by atoms with Gasteiger partial charge in [0.05, 0.1) is 5.39 Å². The summed E-state index contributed by atoms with van der Waals surface area (Å²) in [4.78, 5) is 27.1. The maximum absolute atomic E-state index is 12.4. The van der Waals surface area contributed by atoms with Crippen molar-refractivity contribution in [2.45, 2.75) is 25.8 Å². The highest BCUT2D eigenvalue weighted by atomic mass is 16.3. The quantitative estimate of drug-likeness (QED) is 0.654. The third-order valence-electron chi connectivity index (χ3n) is 5.73. The van der Waals surface area contributed by atoms with E-state index < -0.39 is 0 Å². The summed E-state index contributed by atoms with van der Waals surface area (Å²) in [5.41, 5.74) is 1.29. The van der Waals surface area contributed by atoms with Crippen LogP contribution in [0.1, 0.15) is 35.4 Å². The van der Waals surface area contributed by atoms with Crippen LogP contribution < -0.4 is 10.7 Å². The number of hydrogen-bond donors (Lipinski definition) is 2. The summed E-state index contributed by atoms with van der Waals surface area (Å²) < 4.78 is 5.54. The summed E-state index contributed by atoms with van der Waals surface area (Å²) in [5, 5.41) is 12.6. The monoisotopic (exact) mass is 406 g/mol. The fraction of sp³-hybridized carbons (Fsp3) is 0.333. The topological polar surface area (TPSA) is 82.8 Å². The molecule has 30 heavy (non-hydrogen) atoms. The third kappa shape index (κ3) is 4.89. The van der Waals surface area contributed by atoms with Crippen molar-refractivity contribution in [3.05, 3.63) is 76.1 Å². The maximum Gasteiger partial charge on any atom is 0.287 e. The van der Waals surface area contributed by atoms with Crippen molar-refractivity contribution >= 4 is 16.9 Å². The lowest BCUT2D eigenvalue weighted by Gasteiger charge is -2.32. The Labute approximate surface area is 175 Å². The number of fused-ring (bicyclic) bond motifs is 1. The SMILES string of the molecule is O=C(NCCC1CCN(Cc2ccccc2)CC1)c1cc(=O)c2cc(O)ccc2o1. The highest BCUT2D eigenvalue weighted by Gasteiger charge is 2.20. The minimum absolute atomic E-state index is 0.00382. The van der Waals surface area contributed by atoms with Crippen LogP contribution in [0.4, 0.5) is 0 Å². The zero-order valence-corrected chi connectivity index (χ0v) is 16.8. The molecule has 0 unspecified atom stereocenters. The first-order valence-electron chi connectivity index (χ1n) is 10.4. The van der Waals surface area contributed by atoms with Gasteiger partial charge in [-0.25, -0.2) is 0 Å². The van der Waals surface area contributed by atoms with Gasteiger partial charge in [0.2, 0.25) is 0 Å². The molecule has 4 rings (SSSR count). The molecule has 6 heteroatoms. The van der Waals surface area contributed by atoms with Gasteiger partial charge in [0.1, 0.15) is 11.3 Å². The number of carbonyl (C=O) groups excluding carboxylic acids is 1. The summed E-state index contributed by atoms with van der Waals surface area (Å²) in [6.45, 7) is 3.68. The maximum atomic E-state index is 12.4. The number of amides is 1. The minimum Gasteiger partial charge on any atom is -0.508 e. The number of carbonyl (C=O) groups is 1. The minimum atomic E-state index is -0.386. The number of rotatable bonds is 6. The molecule has 2 aromatic carbocycles. The molecule has 1 aromatic heterocycles. The number of likely N-dealkylation sites (tertiary alicyclic amines) is 1. The van der Waals surface area contributed by atoms with Crippen LogP contribution in [0.5, 0.6) is 5.75 Å². The lowest BCUT2D eigenvalue weighted by molar-refractivity contribution is 0.0920. The van der Waals surface area contributed by atoms with Crippen LogP contribution in [0.3, 0.4) is 0 Å². The second kappa shape index (κ2) is 9.13. The van der Waals surface area contributed by atoms with Crippen LogP contribution >= 0.6 is 0 Å². The highest BCUT2D eigenvalue weighted by Crippen LogP contribution is 2.22. The largest absolute Gasteiger partial charge is 0.508 e. The first kappa shape index (κ1) is 20.2. The van der Waals surface area contributed by atoms with E-state index in [4.69, 9.17) is 4.42 Å². The van der Waals surface area contributed by atoms with Crippen molar-refractivity contribution in [1.29, 1.82) is 0 Å². The van der Waals surface area contributed by atoms with Crippen molar-refractivity contribution in [2.75, 3.05) is 19.6 Å². The van der Waals surface area contributed by atoms with E-state index in [1.165, 1.54) is 29.8 Å². The van der Waals surface area contributed by atoms with Gasteiger partial charge in [-0.3, -0.25) is 14.5 Å². The Bertz CT molecular complexity index is 1070. The molecule has 1 saturated heterocycles. The number of phenolic OH excluding ortho intramolecular Hbond substituents is 1. The van der Waals surface area contributed by atoms with Crippen LogP contribution in [0.25, 0.3) is 11.0 Å². The van der Waals surface area contributed by atoms with Crippen LogP contribution in [-0.4, -0.2) is 35.5 Å². The number of nitrogens with zero attached hydrogens (tertiary/aromatic N) is 1. The van der Waals surface area contributed by atoms with Crippen molar-refractivity contribution in [3.8, 4) is 5.75 Å². The second-order valence-electron chi connectivity index (χ2n) is 7.91. The lowest BCUT2D eigenvalue weighted by Crippen LogP contribution is -2.35. The first-order valence-corrected chi connectivity index (χ1v) is 10.4. The van der Waals surface area contributed by atoms with E-state index in [2.05, 4.69) is 34.5 Å². The lowest BCUT2D eigenvalue weighted by atomic mass is 9.93. The molecule has 156 valence electrons. The van der Waals surface area contributed by atoms with Gasteiger partial charge in [0.25, 0.3) is 5.91 Å². The van der Waals surface area contributed by atoms with Crippen molar-refractivity contribution in [3.63, 3.8) is 0 Å². The van der Waals surface area contributed by atoms with E-state index >= 15 is 0 Å². The number of phenols is 1. The third-order valence-corrected chi connectivity index (χ3v) is 5.73. The smallest absolute Gasteiger partial charge is 0.287 e. The van der Waals surface area contributed by atoms with Gasteiger partial charge >= 0.3 is 0 Å². The van der Waals surface area contributed by atoms with Crippen LogP contribution in [0.15, 0.2) is 63.8 Å². The molecular formula is C24H26N2O4. The van der Waals surface area contributed by atoms with E-state index in [0.717, 1.165) is 38.9 Å². The van der Waals surface area contributed by atoms with Crippen LogP contribution in [-0.2, 0) is 6.54 Å². The first-order chi connectivity index (χ1) is 14.6. The van der Waals surface area contributed by atoms with Gasteiger partial charge in [-0.15, -0.1) is 0 Å². The van der Waals surface area contributed by atoms with Gasteiger partial charge in [-0.1, -0.05) is 30.3 Å². The molecule has 1 aliphatic heterocycles. The summed E-state index contributed by atoms with van der Waals surface area (Å²) in [5.74, 6) is 0.185. The molecule has 3 aromatic rings. The molecule has 0 aliphatic carbocycles. The normalized spacial score (nSPS) is 15.3. The molecule has 1 aliphatic rings. The molecular weight excluding hydrogens is 380 g/mol. The average molecular weight is 406 g/mol. The molecule has 0 atom stereocenters. The molecule has 0 bridgehead atoms. The van der Waals surface area contributed by atoms with E-state index in [9.17, 15) is 14.7 Å². The number of benzene rings is 2. The number of piperidine rings is 1. The number of nitrogens with one attached hydrogen (secondary N) is 1. The number of aromatic hydroxyl groups is 1. The van der Waals surface area contributed by atoms with Crippen molar-refractivity contribution in [2.24, 2.45) is 5.92 Å². The van der Waals surface area contributed by atoms with E-state index in [1.807, 2.05) is 6.07 Å². The molecule has 1 amide bonds. The average Bonchev–Trinajstić information content (AvgIpc) is 2.76. The standard InChI is InChI=1S/C24H26N2O4/c27-19-6-7-22-20(14-19)21(28)15-23(30-22)24(29)25-11-8-17-9-12-26(13-10-17)16-18-4-2-1-3-5-18/h1-7,14-15,17,27H,8-13,16H2,(H,25,29). The molecule has 0 spiro atoms. The second-order valence-corrected chi connectivity index (χ2v) is 7.91. The molecule has 1 fully saturated rings. The van der Waals surface area contributed by atoms with Gasteiger partial charge in [0.15, 0.2) is 11.2 Å². The van der Waals surface area contributed by atoms with E-state index in [-0.39, 0.29) is 33.8 Å². The summed E-state index contributed by atoms with van der Waals surface area (Å²) in [6.07, 6.45) is 3.16. The number of hydrogen-bond acceptors (Lipinski definition) is 5. The van der Waals surface area contributed by atoms with Crippen LogP contribution in [0, 0.1) is 5.92 Å². The highest BCUT2D eigenvalue weighted by molar-refractivity contribution is 5.93. The zero-order chi connectivity index (χ0) is 20.9. The predicted molar refractivity (Wildman–Crippen MR) is 116 cm³/mol.